The highest BCUT2D eigenvalue weighted by atomic mass is 16.5. The van der Waals surface area contributed by atoms with Crippen LogP contribution in [0.5, 0.6) is 0 Å². The number of carbonyl (C=O) groups is 1. The van der Waals surface area contributed by atoms with E-state index in [4.69, 9.17) is 9.78 Å². The van der Waals surface area contributed by atoms with Crippen LogP contribution in [0, 0.1) is 11.3 Å². The van der Waals surface area contributed by atoms with E-state index in [-0.39, 0.29) is 11.7 Å². The maximum atomic E-state index is 11.2. The lowest BCUT2D eigenvalue weighted by Gasteiger charge is -1.94. The molecule has 17 heavy (non-hydrogen) atoms. The van der Waals surface area contributed by atoms with Gasteiger partial charge in [0, 0.05) is 20.3 Å². The fraction of sp³-hybridized carbons (Fsp3) is 0.200. The van der Waals surface area contributed by atoms with Crippen molar-refractivity contribution in [2.75, 3.05) is 7.05 Å². The second kappa shape index (κ2) is 4.09. The standard InChI is InChI=1S/C10H9N5O2/c1-12-9(16)8-13-10(17-14-8)7-3-6(4-11)5-15(7)2/h3,5H,1-2H3,(H,12,16). The van der Waals surface area contributed by atoms with Crippen molar-refractivity contribution in [2.45, 2.75) is 0 Å². The van der Waals surface area contributed by atoms with Gasteiger partial charge in [-0.1, -0.05) is 5.16 Å². The Morgan fingerprint density at radius 3 is 3.00 bits per heavy atom. The first-order valence-electron chi connectivity index (χ1n) is 4.78. The highest BCUT2D eigenvalue weighted by Crippen LogP contribution is 2.19. The molecule has 1 N–H and O–H groups in total. The maximum absolute atomic E-state index is 11.2. The predicted octanol–water partition coefficient (Wildman–Crippen LogP) is 0.306. The van der Waals surface area contributed by atoms with Gasteiger partial charge in [0.25, 0.3) is 17.6 Å². The number of carbonyl (C=O) groups excluding carboxylic acids is 1. The first kappa shape index (κ1) is 10.9. The molecule has 0 aromatic carbocycles. The summed E-state index contributed by atoms with van der Waals surface area (Å²) in [6, 6.07) is 3.62. The van der Waals surface area contributed by atoms with E-state index in [2.05, 4.69) is 15.5 Å². The van der Waals surface area contributed by atoms with E-state index in [9.17, 15) is 4.79 Å². The number of nitrogens with zero attached hydrogens (tertiary/aromatic N) is 4. The Morgan fingerprint density at radius 2 is 2.41 bits per heavy atom. The second-order valence-corrected chi connectivity index (χ2v) is 3.34. The number of aromatic nitrogens is 3. The van der Waals surface area contributed by atoms with Gasteiger partial charge in [-0.3, -0.25) is 4.79 Å². The zero-order valence-electron chi connectivity index (χ0n) is 9.26. The SMILES string of the molecule is CNC(=O)c1noc(-c2cc(C#N)cn2C)n1. The third-order valence-corrected chi connectivity index (χ3v) is 2.21. The van der Waals surface area contributed by atoms with Gasteiger partial charge in [0.15, 0.2) is 0 Å². The van der Waals surface area contributed by atoms with Gasteiger partial charge in [0.1, 0.15) is 11.8 Å². The summed E-state index contributed by atoms with van der Waals surface area (Å²) in [4.78, 5) is 15.2. The van der Waals surface area contributed by atoms with Crippen molar-refractivity contribution in [1.29, 1.82) is 5.26 Å². The number of amides is 1. The molecule has 0 aliphatic heterocycles. The molecule has 0 aliphatic rings. The van der Waals surface area contributed by atoms with Gasteiger partial charge in [0.2, 0.25) is 0 Å². The summed E-state index contributed by atoms with van der Waals surface area (Å²) in [7, 11) is 3.23. The van der Waals surface area contributed by atoms with Crippen molar-refractivity contribution in [3.05, 3.63) is 23.7 Å². The third kappa shape index (κ3) is 1.88. The minimum absolute atomic E-state index is 0.0396. The molecule has 0 aliphatic carbocycles. The van der Waals surface area contributed by atoms with Crippen LogP contribution in [-0.4, -0.2) is 27.7 Å². The molecule has 2 aromatic rings. The highest BCUT2D eigenvalue weighted by molar-refractivity contribution is 5.90. The number of rotatable bonds is 2. The fourth-order valence-corrected chi connectivity index (χ4v) is 1.37. The number of nitriles is 1. The van der Waals surface area contributed by atoms with E-state index in [1.807, 2.05) is 6.07 Å². The van der Waals surface area contributed by atoms with Crippen LogP contribution in [0.25, 0.3) is 11.6 Å². The van der Waals surface area contributed by atoms with Gasteiger partial charge in [-0.2, -0.15) is 10.2 Å². The third-order valence-electron chi connectivity index (χ3n) is 2.21. The molecular formula is C10H9N5O2. The molecule has 1 amide bonds. The normalized spacial score (nSPS) is 9.94. The van der Waals surface area contributed by atoms with Gasteiger partial charge in [-0.05, 0) is 6.07 Å². The van der Waals surface area contributed by atoms with E-state index < -0.39 is 5.91 Å². The minimum Gasteiger partial charge on any atom is -0.352 e. The molecule has 0 bridgehead atoms. The van der Waals surface area contributed by atoms with Crippen molar-refractivity contribution in [3.8, 4) is 17.7 Å². The van der Waals surface area contributed by atoms with Crippen LogP contribution in [0.4, 0.5) is 0 Å². The van der Waals surface area contributed by atoms with Gasteiger partial charge in [-0.25, -0.2) is 0 Å². The van der Waals surface area contributed by atoms with Crippen LogP contribution in [0.15, 0.2) is 16.8 Å². The quantitative estimate of drug-likeness (QED) is 0.802. The second-order valence-electron chi connectivity index (χ2n) is 3.34. The number of aryl methyl sites for hydroxylation is 1. The molecule has 0 fully saturated rings. The number of hydrogen-bond acceptors (Lipinski definition) is 5. The van der Waals surface area contributed by atoms with Crippen LogP contribution in [0.1, 0.15) is 16.2 Å². The first-order valence-corrected chi connectivity index (χ1v) is 4.78. The first-order chi connectivity index (χ1) is 8.15. The van der Waals surface area contributed by atoms with Gasteiger partial charge < -0.3 is 14.4 Å². The van der Waals surface area contributed by atoms with E-state index in [0.29, 0.717) is 11.3 Å². The van der Waals surface area contributed by atoms with Gasteiger partial charge >= 0.3 is 0 Å². The summed E-state index contributed by atoms with van der Waals surface area (Å²) >= 11 is 0. The molecule has 2 rings (SSSR count). The Kier molecular flexibility index (Phi) is 2.62. The van der Waals surface area contributed by atoms with Crippen molar-refractivity contribution in [1.82, 2.24) is 20.0 Å². The van der Waals surface area contributed by atoms with Gasteiger partial charge in [-0.15, -0.1) is 0 Å². The molecular weight excluding hydrogens is 222 g/mol. The summed E-state index contributed by atoms with van der Waals surface area (Å²) in [6.45, 7) is 0. The fourth-order valence-electron chi connectivity index (χ4n) is 1.37. The molecule has 86 valence electrons. The van der Waals surface area contributed by atoms with Crippen molar-refractivity contribution >= 4 is 5.91 Å². The zero-order valence-corrected chi connectivity index (χ0v) is 9.26. The molecule has 7 heteroatoms. The van der Waals surface area contributed by atoms with E-state index in [1.165, 1.54) is 7.05 Å². The minimum atomic E-state index is -0.422. The Balaban J connectivity index is 2.40. The predicted molar refractivity (Wildman–Crippen MR) is 56.8 cm³/mol. The lowest BCUT2D eigenvalue weighted by Crippen LogP contribution is -2.19. The Bertz CT molecular complexity index is 604. The summed E-state index contributed by atoms with van der Waals surface area (Å²) in [6.07, 6.45) is 1.64. The average Bonchev–Trinajstić information content (AvgIpc) is 2.94. The lowest BCUT2D eigenvalue weighted by molar-refractivity contribution is 0.0950. The topological polar surface area (TPSA) is 96.7 Å². The van der Waals surface area contributed by atoms with Crippen LogP contribution in [0.2, 0.25) is 0 Å². The van der Waals surface area contributed by atoms with Crippen molar-refractivity contribution in [2.24, 2.45) is 7.05 Å². The molecule has 0 radical (unpaired) electrons. The van der Waals surface area contributed by atoms with Crippen LogP contribution in [0.3, 0.4) is 0 Å². The molecule has 0 unspecified atom stereocenters. The average molecular weight is 231 g/mol. The molecule has 0 saturated carbocycles. The molecule has 2 aromatic heterocycles. The van der Waals surface area contributed by atoms with E-state index in [0.717, 1.165) is 0 Å². The summed E-state index contributed by atoms with van der Waals surface area (Å²) in [5.74, 6) is -0.260. The Hall–Kier alpha value is -2.62. The van der Waals surface area contributed by atoms with Crippen molar-refractivity contribution < 1.29 is 9.32 Å². The monoisotopic (exact) mass is 231 g/mol. The molecule has 2 heterocycles. The number of nitrogens with one attached hydrogen (secondary N) is 1. The van der Waals surface area contributed by atoms with Crippen LogP contribution >= 0.6 is 0 Å². The molecule has 7 nitrogen and oxygen atoms in total. The summed E-state index contributed by atoms with van der Waals surface area (Å²) in [5, 5.41) is 14.7. The van der Waals surface area contributed by atoms with E-state index >= 15 is 0 Å². The van der Waals surface area contributed by atoms with Crippen LogP contribution in [-0.2, 0) is 7.05 Å². The Morgan fingerprint density at radius 1 is 1.65 bits per heavy atom. The summed E-state index contributed by atoms with van der Waals surface area (Å²) < 4.78 is 6.64. The smallest absolute Gasteiger partial charge is 0.292 e. The number of hydrogen-bond donors (Lipinski definition) is 1. The summed E-state index contributed by atoms with van der Waals surface area (Å²) in [5.41, 5.74) is 1.08. The highest BCUT2D eigenvalue weighted by Gasteiger charge is 2.16. The molecule has 0 atom stereocenters. The molecule has 0 spiro atoms. The van der Waals surface area contributed by atoms with Crippen molar-refractivity contribution in [3.63, 3.8) is 0 Å². The lowest BCUT2D eigenvalue weighted by atomic mass is 10.3. The maximum Gasteiger partial charge on any atom is 0.292 e. The largest absolute Gasteiger partial charge is 0.352 e. The van der Waals surface area contributed by atoms with Gasteiger partial charge in [0.05, 0.1) is 5.56 Å². The molecule has 0 saturated heterocycles. The zero-order chi connectivity index (χ0) is 12.4. The Labute approximate surface area is 96.7 Å². The van der Waals surface area contributed by atoms with Crippen LogP contribution < -0.4 is 5.32 Å². The van der Waals surface area contributed by atoms with E-state index in [1.54, 1.807) is 23.9 Å².